The second kappa shape index (κ2) is 6.72. The molecule has 124 valence electrons. The van der Waals surface area contributed by atoms with E-state index in [1.807, 2.05) is 13.8 Å². The van der Waals surface area contributed by atoms with Crippen LogP contribution in [-0.2, 0) is 16.3 Å². The fourth-order valence-corrected chi connectivity index (χ4v) is 4.06. The number of thiophene rings is 1. The average Bonchev–Trinajstić information content (AvgIpc) is 2.90. The van der Waals surface area contributed by atoms with Crippen LogP contribution >= 0.6 is 11.3 Å². The maximum atomic E-state index is 12.3. The van der Waals surface area contributed by atoms with E-state index < -0.39 is 9.84 Å². The van der Waals surface area contributed by atoms with Gasteiger partial charge in [-0.3, -0.25) is 4.79 Å². The Labute approximate surface area is 139 Å². The molecule has 0 saturated carbocycles. The Morgan fingerprint density at radius 2 is 1.96 bits per heavy atom. The summed E-state index contributed by atoms with van der Waals surface area (Å²) in [6.07, 6.45) is 0.846. The minimum Gasteiger partial charge on any atom is -0.506 e. The lowest BCUT2D eigenvalue weighted by Crippen LogP contribution is -2.11. The van der Waals surface area contributed by atoms with E-state index in [0.29, 0.717) is 4.88 Å². The predicted molar refractivity (Wildman–Crippen MR) is 92.2 cm³/mol. The number of benzene rings is 1. The summed E-state index contributed by atoms with van der Waals surface area (Å²) in [5.41, 5.74) is 1.14. The highest BCUT2D eigenvalue weighted by atomic mass is 32.2. The van der Waals surface area contributed by atoms with Crippen molar-refractivity contribution in [1.29, 1.82) is 0 Å². The van der Waals surface area contributed by atoms with Gasteiger partial charge in [0.25, 0.3) is 5.91 Å². The molecule has 0 aliphatic heterocycles. The number of amides is 1. The van der Waals surface area contributed by atoms with Gasteiger partial charge in [0.15, 0.2) is 9.84 Å². The SMILES string of the molecule is CCc1sc(C(=O)Nc2cc(S(=O)(=O)CC)ccc2O)cc1C. The maximum Gasteiger partial charge on any atom is 0.265 e. The first-order chi connectivity index (χ1) is 10.8. The van der Waals surface area contributed by atoms with E-state index >= 15 is 0 Å². The molecule has 2 N–H and O–H groups in total. The van der Waals surface area contributed by atoms with Gasteiger partial charge in [0.1, 0.15) is 5.75 Å². The fourth-order valence-electron chi connectivity index (χ4n) is 2.14. The topological polar surface area (TPSA) is 83.5 Å². The molecule has 1 aromatic carbocycles. The first kappa shape index (κ1) is 17.5. The van der Waals surface area contributed by atoms with E-state index in [1.54, 1.807) is 13.0 Å². The first-order valence-electron chi connectivity index (χ1n) is 7.25. The number of aromatic hydroxyl groups is 1. The number of carbonyl (C=O) groups is 1. The summed E-state index contributed by atoms with van der Waals surface area (Å²) in [5, 5.41) is 12.5. The number of phenolic OH excluding ortho intramolecular Hbond substituents is 1. The van der Waals surface area contributed by atoms with Gasteiger partial charge in [0, 0.05) is 4.88 Å². The number of anilines is 1. The van der Waals surface area contributed by atoms with Crippen molar-refractivity contribution < 1.29 is 18.3 Å². The van der Waals surface area contributed by atoms with Crippen molar-refractivity contribution in [3.63, 3.8) is 0 Å². The third kappa shape index (κ3) is 3.73. The second-order valence-electron chi connectivity index (χ2n) is 5.11. The van der Waals surface area contributed by atoms with Crippen LogP contribution in [0.4, 0.5) is 5.69 Å². The standard InChI is InChI=1S/C16H19NO4S2/c1-4-14-10(3)8-15(22-14)16(19)17-12-9-11(6-7-13(12)18)23(20,21)5-2/h6-9,18H,4-5H2,1-3H3,(H,17,19). The van der Waals surface area contributed by atoms with Crippen LogP contribution in [0, 0.1) is 6.92 Å². The van der Waals surface area contributed by atoms with E-state index in [4.69, 9.17) is 0 Å². The van der Waals surface area contributed by atoms with E-state index in [2.05, 4.69) is 5.32 Å². The largest absolute Gasteiger partial charge is 0.506 e. The molecule has 0 atom stereocenters. The molecule has 1 aromatic heterocycles. The van der Waals surface area contributed by atoms with Crippen molar-refractivity contribution in [3.05, 3.63) is 39.6 Å². The van der Waals surface area contributed by atoms with Gasteiger partial charge in [0.05, 0.1) is 21.2 Å². The van der Waals surface area contributed by atoms with Gasteiger partial charge in [-0.1, -0.05) is 13.8 Å². The average molecular weight is 353 g/mol. The van der Waals surface area contributed by atoms with E-state index in [9.17, 15) is 18.3 Å². The van der Waals surface area contributed by atoms with Gasteiger partial charge in [-0.2, -0.15) is 0 Å². The Hall–Kier alpha value is -1.86. The van der Waals surface area contributed by atoms with Crippen LogP contribution in [0.5, 0.6) is 5.75 Å². The van der Waals surface area contributed by atoms with Crippen molar-refractivity contribution in [2.45, 2.75) is 32.1 Å². The van der Waals surface area contributed by atoms with Gasteiger partial charge in [-0.15, -0.1) is 11.3 Å². The Morgan fingerprint density at radius 1 is 1.26 bits per heavy atom. The highest BCUT2D eigenvalue weighted by Crippen LogP contribution is 2.29. The highest BCUT2D eigenvalue weighted by molar-refractivity contribution is 7.91. The van der Waals surface area contributed by atoms with Crippen molar-refractivity contribution in [2.24, 2.45) is 0 Å². The lowest BCUT2D eigenvalue weighted by atomic mass is 10.2. The Kier molecular flexibility index (Phi) is 5.11. The number of hydrogen-bond donors (Lipinski definition) is 2. The molecular formula is C16H19NO4S2. The van der Waals surface area contributed by atoms with Crippen molar-refractivity contribution in [3.8, 4) is 5.75 Å². The molecule has 2 rings (SSSR count). The Morgan fingerprint density at radius 3 is 2.52 bits per heavy atom. The third-order valence-electron chi connectivity index (χ3n) is 3.52. The van der Waals surface area contributed by atoms with Crippen LogP contribution in [0.2, 0.25) is 0 Å². The maximum absolute atomic E-state index is 12.3. The number of carbonyl (C=O) groups excluding carboxylic acids is 1. The first-order valence-corrected chi connectivity index (χ1v) is 9.71. The van der Waals surface area contributed by atoms with Gasteiger partial charge < -0.3 is 10.4 Å². The molecule has 0 saturated heterocycles. The predicted octanol–water partition coefficient (Wildman–Crippen LogP) is 3.37. The molecule has 1 heterocycles. The summed E-state index contributed by atoms with van der Waals surface area (Å²) >= 11 is 1.40. The molecule has 0 aliphatic carbocycles. The normalized spacial score (nSPS) is 11.4. The van der Waals surface area contributed by atoms with Gasteiger partial charge >= 0.3 is 0 Å². The number of rotatable bonds is 5. The van der Waals surface area contributed by atoms with Crippen LogP contribution in [-0.4, -0.2) is 25.2 Å². The molecule has 0 fully saturated rings. The summed E-state index contributed by atoms with van der Waals surface area (Å²) in [6, 6.07) is 5.68. The Bertz CT molecular complexity index is 838. The molecule has 1 amide bonds. The van der Waals surface area contributed by atoms with E-state index in [0.717, 1.165) is 16.9 Å². The zero-order valence-corrected chi connectivity index (χ0v) is 14.8. The molecule has 7 heteroatoms. The van der Waals surface area contributed by atoms with Crippen LogP contribution < -0.4 is 5.32 Å². The smallest absolute Gasteiger partial charge is 0.265 e. The number of nitrogens with one attached hydrogen (secondary N) is 1. The summed E-state index contributed by atoms with van der Waals surface area (Å²) < 4.78 is 23.8. The molecule has 0 unspecified atom stereocenters. The number of hydrogen-bond acceptors (Lipinski definition) is 5. The zero-order chi connectivity index (χ0) is 17.2. The second-order valence-corrected chi connectivity index (χ2v) is 8.52. The molecule has 0 spiro atoms. The summed E-state index contributed by atoms with van der Waals surface area (Å²) in [7, 11) is -3.40. The number of phenols is 1. The van der Waals surface area contributed by atoms with Crippen LogP contribution in [0.3, 0.4) is 0 Å². The molecule has 0 bridgehead atoms. The molecule has 5 nitrogen and oxygen atoms in total. The van der Waals surface area contributed by atoms with Gasteiger partial charge in [-0.25, -0.2) is 8.42 Å². The zero-order valence-electron chi connectivity index (χ0n) is 13.2. The minimum atomic E-state index is -3.40. The van der Waals surface area contributed by atoms with Crippen molar-refractivity contribution in [2.75, 3.05) is 11.1 Å². The van der Waals surface area contributed by atoms with Crippen LogP contribution in [0.15, 0.2) is 29.2 Å². The number of aryl methyl sites for hydroxylation is 2. The number of sulfone groups is 1. The summed E-state index contributed by atoms with van der Waals surface area (Å²) in [4.78, 5) is 14.0. The lowest BCUT2D eigenvalue weighted by Gasteiger charge is -2.09. The van der Waals surface area contributed by atoms with Gasteiger partial charge in [0.2, 0.25) is 0 Å². The lowest BCUT2D eigenvalue weighted by molar-refractivity contribution is 0.103. The minimum absolute atomic E-state index is 0.0465. The van der Waals surface area contributed by atoms with Gasteiger partial charge in [-0.05, 0) is 43.2 Å². The van der Waals surface area contributed by atoms with Crippen LogP contribution in [0.1, 0.15) is 34.0 Å². The quantitative estimate of drug-likeness (QED) is 0.807. The van der Waals surface area contributed by atoms with Crippen LogP contribution in [0.25, 0.3) is 0 Å². The van der Waals surface area contributed by atoms with E-state index in [-0.39, 0.29) is 28.0 Å². The van der Waals surface area contributed by atoms with Crippen molar-refractivity contribution >= 4 is 32.8 Å². The Balaban J connectivity index is 2.32. The highest BCUT2D eigenvalue weighted by Gasteiger charge is 2.17. The summed E-state index contributed by atoms with van der Waals surface area (Å²) in [5.74, 6) is -0.577. The summed E-state index contributed by atoms with van der Waals surface area (Å²) in [6.45, 7) is 5.50. The van der Waals surface area contributed by atoms with E-state index in [1.165, 1.54) is 29.5 Å². The molecule has 0 radical (unpaired) electrons. The third-order valence-corrected chi connectivity index (χ3v) is 6.63. The fraction of sp³-hybridized carbons (Fsp3) is 0.312. The molecule has 23 heavy (non-hydrogen) atoms. The monoisotopic (exact) mass is 353 g/mol. The molecule has 2 aromatic rings. The van der Waals surface area contributed by atoms with Crippen molar-refractivity contribution in [1.82, 2.24) is 0 Å². The molecular weight excluding hydrogens is 334 g/mol. The molecule has 0 aliphatic rings.